The quantitative estimate of drug-likeness (QED) is 0.565. The zero-order valence-corrected chi connectivity index (χ0v) is 14.7. The van der Waals surface area contributed by atoms with E-state index < -0.39 is 18.4 Å². The number of rotatable bonds is 5. The van der Waals surface area contributed by atoms with Gasteiger partial charge in [0.2, 0.25) is 11.7 Å². The van der Waals surface area contributed by atoms with Crippen molar-refractivity contribution < 1.29 is 8.78 Å². The fraction of sp³-hybridized carbons (Fsp3) is 0.294. The van der Waals surface area contributed by atoms with Gasteiger partial charge in [-0.15, -0.1) is 5.10 Å². The number of hydrogen-bond acceptors (Lipinski definition) is 5. The molecule has 4 aromatic heterocycles. The first kappa shape index (κ1) is 16.4. The number of anilines is 1. The standard InChI is InChI=1S/C17H14ClF2N7/c18-14-7-23-16-22-5-10(8-26(14)16)12-3-4-27-13(12)6-21-15(25-27)24-9-17(19,20)11-1-2-11/h3-8,11H,1-2,9H2,(H,24,25). The summed E-state index contributed by atoms with van der Waals surface area (Å²) in [5.41, 5.74) is 2.39. The summed E-state index contributed by atoms with van der Waals surface area (Å²) in [6, 6.07) is 1.86. The van der Waals surface area contributed by atoms with Crippen LogP contribution in [0.25, 0.3) is 22.4 Å². The van der Waals surface area contributed by atoms with E-state index in [-0.39, 0.29) is 5.95 Å². The highest BCUT2D eigenvalue weighted by Crippen LogP contribution is 2.43. The number of imidazole rings is 1. The Morgan fingerprint density at radius 2 is 2.00 bits per heavy atom. The molecule has 4 aromatic rings. The van der Waals surface area contributed by atoms with Gasteiger partial charge in [-0.05, 0) is 18.9 Å². The Morgan fingerprint density at radius 1 is 1.19 bits per heavy atom. The van der Waals surface area contributed by atoms with Gasteiger partial charge in [0.05, 0.1) is 24.5 Å². The maximum absolute atomic E-state index is 13.8. The molecule has 0 atom stereocenters. The Bertz CT molecular complexity index is 1150. The normalized spacial score (nSPS) is 14.9. The first-order valence-electron chi connectivity index (χ1n) is 8.46. The summed E-state index contributed by atoms with van der Waals surface area (Å²) in [4.78, 5) is 12.6. The number of halogens is 3. The fourth-order valence-electron chi connectivity index (χ4n) is 3.06. The molecule has 1 N–H and O–H groups in total. The third-order valence-corrected chi connectivity index (χ3v) is 4.98. The van der Waals surface area contributed by atoms with Crippen molar-refractivity contribution in [1.82, 2.24) is 29.0 Å². The van der Waals surface area contributed by atoms with Crippen molar-refractivity contribution in [2.75, 3.05) is 11.9 Å². The lowest BCUT2D eigenvalue weighted by Crippen LogP contribution is -2.30. The number of alkyl halides is 2. The number of hydrogen-bond donors (Lipinski definition) is 1. The molecule has 4 heterocycles. The van der Waals surface area contributed by atoms with Crippen LogP contribution in [0.5, 0.6) is 0 Å². The Kier molecular flexibility index (Phi) is 3.55. The van der Waals surface area contributed by atoms with Crippen LogP contribution >= 0.6 is 11.6 Å². The Morgan fingerprint density at radius 3 is 2.81 bits per heavy atom. The molecule has 1 aliphatic rings. The predicted octanol–water partition coefficient (Wildman–Crippen LogP) is 3.55. The van der Waals surface area contributed by atoms with Gasteiger partial charge in [0.15, 0.2) is 0 Å². The molecule has 7 nitrogen and oxygen atoms in total. The molecule has 27 heavy (non-hydrogen) atoms. The zero-order chi connectivity index (χ0) is 18.6. The molecule has 138 valence electrons. The summed E-state index contributed by atoms with van der Waals surface area (Å²) in [5, 5.41) is 7.37. The van der Waals surface area contributed by atoms with Crippen LogP contribution in [0, 0.1) is 5.92 Å². The van der Waals surface area contributed by atoms with Crippen LogP contribution in [0.4, 0.5) is 14.7 Å². The van der Waals surface area contributed by atoms with E-state index in [0.717, 1.165) is 16.6 Å². The molecule has 0 amide bonds. The second-order valence-electron chi connectivity index (χ2n) is 6.62. The van der Waals surface area contributed by atoms with Gasteiger partial charge < -0.3 is 5.32 Å². The molecule has 10 heteroatoms. The van der Waals surface area contributed by atoms with Crippen LogP contribution in [-0.2, 0) is 0 Å². The summed E-state index contributed by atoms with van der Waals surface area (Å²) < 4.78 is 30.9. The van der Waals surface area contributed by atoms with Crippen LogP contribution in [0.1, 0.15) is 12.8 Å². The van der Waals surface area contributed by atoms with Gasteiger partial charge in [-0.3, -0.25) is 4.40 Å². The second kappa shape index (κ2) is 5.85. The average molecular weight is 390 g/mol. The lowest BCUT2D eigenvalue weighted by atomic mass is 10.1. The average Bonchev–Trinajstić information content (AvgIpc) is 3.36. The summed E-state index contributed by atoms with van der Waals surface area (Å²) in [5.74, 6) is -2.59. The summed E-state index contributed by atoms with van der Waals surface area (Å²) in [7, 11) is 0. The molecule has 1 aliphatic carbocycles. The molecule has 0 bridgehead atoms. The minimum Gasteiger partial charge on any atom is -0.347 e. The lowest BCUT2D eigenvalue weighted by Gasteiger charge is -2.15. The monoisotopic (exact) mass is 389 g/mol. The van der Waals surface area contributed by atoms with Gasteiger partial charge in [-0.1, -0.05) is 11.6 Å². The van der Waals surface area contributed by atoms with Gasteiger partial charge in [0.1, 0.15) is 5.15 Å². The van der Waals surface area contributed by atoms with Crippen LogP contribution < -0.4 is 5.32 Å². The van der Waals surface area contributed by atoms with E-state index in [0.29, 0.717) is 23.8 Å². The lowest BCUT2D eigenvalue weighted by molar-refractivity contribution is -0.00833. The topological polar surface area (TPSA) is 72.4 Å². The number of fused-ring (bicyclic) bond motifs is 2. The van der Waals surface area contributed by atoms with E-state index in [2.05, 4.69) is 25.4 Å². The summed E-state index contributed by atoms with van der Waals surface area (Å²) in [6.45, 7) is -0.461. The van der Waals surface area contributed by atoms with Crippen molar-refractivity contribution >= 4 is 28.8 Å². The van der Waals surface area contributed by atoms with Gasteiger partial charge in [0.25, 0.3) is 5.92 Å². The van der Waals surface area contributed by atoms with Gasteiger partial charge in [0, 0.05) is 35.6 Å². The number of nitrogens with zero attached hydrogens (tertiary/aromatic N) is 6. The molecule has 5 rings (SSSR count). The molecule has 1 fully saturated rings. The van der Waals surface area contributed by atoms with Crippen LogP contribution in [-0.4, -0.2) is 41.4 Å². The Hall–Kier alpha value is -2.81. The minimum absolute atomic E-state index is 0.163. The third kappa shape index (κ3) is 2.87. The Labute approximate surface area is 157 Å². The largest absolute Gasteiger partial charge is 0.347 e. The molecule has 0 spiro atoms. The van der Waals surface area contributed by atoms with Crippen molar-refractivity contribution in [2.45, 2.75) is 18.8 Å². The molecule has 1 saturated carbocycles. The maximum atomic E-state index is 13.8. The van der Waals surface area contributed by atoms with Crippen molar-refractivity contribution in [1.29, 1.82) is 0 Å². The van der Waals surface area contributed by atoms with Crippen molar-refractivity contribution in [3.05, 3.63) is 42.2 Å². The van der Waals surface area contributed by atoms with E-state index in [1.54, 1.807) is 27.5 Å². The molecule has 0 saturated heterocycles. The van der Waals surface area contributed by atoms with Crippen LogP contribution in [0.15, 0.2) is 37.1 Å². The van der Waals surface area contributed by atoms with Gasteiger partial charge in [-0.2, -0.15) is 0 Å². The van der Waals surface area contributed by atoms with E-state index in [1.165, 1.54) is 6.20 Å². The van der Waals surface area contributed by atoms with Crippen molar-refractivity contribution in [3.63, 3.8) is 0 Å². The first-order valence-corrected chi connectivity index (χ1v) is 8.84. The highest BCUT2D eigenvalue weighted by Gasteiger charge is 2.46. The summed E-state index contributed by atoms with van der Waals surface area (Å²) in [6.07, 6.45) is 9.55. The van der Waals surface area contributed by atoms with Crippen molar-refractivity contribution in [3.8, 4) is 11.1 Å². The van der Waals surface area contributed by atoms with Crippen LogP contribution in [0.3, 0.4) is 0 Å². The summed E-state index contributed by atoms with van der Waals surface area (Å²) >= 11 is 6.10. The fourth-order valence-corrected chi connectivity index (χ4v) is 3.23. The smallest absolute Gasteiger partial charge is 0.267 e. The van der Waals surface area contributed by atoms with Gasteiger partial charge >= 0.3 is 0 Å². The SMILES string of the molecule is FC(F)(CNc1ncc2c(-c3cnc4ncc(Cl)n4c3)ccn2n1)C1CC1. The van der Waals surface area contributed by atoms with E-state index in [1.807, 2.05) is 12.3 Å². The van der Waals surface area contributed by atoms with Gasteiger partial charge in [-0.25, -0.2) is 28.2 Å². The van der Waals surface area contributed by atoms with E-state index >= 15 is 0 Å². The minimum atomic E-state index is -2.73. The highest BCUT2D eigenvalue weighted by molar-refractivity contribution is 6.29. The maximum Gasteiger partial charge on any atom is 0.267 e. The van der Waals surface area contributed by atoms with E-state index in [9.17, 15) is 8.78 Å². The Balaban J connectivity index is 1.45. The van der Waals surface area contributed by atoms with Crippen LogP contribution in [0.2, 0.25) is 5.15 Å². The van der Waals surface area contributed by atoms with E-state index in [4.69, 9.17) is 11.6 Å². The molecular weight excluding hydrogens is 376 g/mol. The molecular formula is C17H14ClF2N7. The third-order valence-electron chi connectivity index (χ3n) is 4.70. The predicted molar refractivity (Wildman–Crippen MR) is 96.1 cm³/mol. The molecule has 0 aliphatic heterocycles. The zero-order valence-electron chi connectivity index (χ0n) is 14.0. The highest BCUT2D eigenvalue weighted by atomic mass is 35.5. The number of aromatic nitrogens is 6. The molecule has 0 aromatic carbocycles. The van der Waals surface area contributed by atoms with Crippen molar-refractivity contribution in [2.24, 2.45) is 5.92 Å². The molecule has 0 unspecified atom stereocenters. The molecule has 0 radical (unpaired) electrons. The first-order chi connectivity index (χ1) is 13.0. The number of nitrogens with one attached hydrogen (secondary N) is 1. The second-order valence-corrected chi connectivity index (χ2v) is 7.01.